The number of likely N-dealkylation sites (tertiary alicyclic amines) is 1. The van der Waals surface area contributed by atoms with Gasteiger partial charge in [0, 0.05) is 24.0 Å². The lowest BCUT2D eigenvalue weighted by molar-refractivity contribution is 0.0469. The van der Waals surface area contributed by atoms with Gasteiger partial charge in [-0.15, -0.1) is 11.3 Å². The van der Waals surface area contributed by atoms with Crippen LogP contribution in [0.1, 0.15) is 28.9 Å². The highest BCUT2D eigenvalue weighted by atomic mass is 32.1. The summed E-state index contributed by atoms with van der Waals surface area (Å²) in [5.41, 5.74) is 2.70. The smallest absolute Gasteiger partial charge is 0.273 e. The molecule has 110 valence electrons. The number of carbonyl (C=O) groups excluding carboxylic acids is 1. The molecular weight excluding hydrogens is 284 g/mol. The number of carbonyl (C=O) groups is 1. The standard InChI is InChI=1S/C16H18N2O2S/c1-11-5-2-3-7-13(11)15-17-14(10-21-15)16(20)18-8-4-6-12(19)9-18/h2-3,5,7,10,12,19H,4,6,8-9H2,1H3. The van der Waals surface area contributed by atoms with Crippen molar-refractivity contribution >= 4 is 17.2 Å². The average molecular weight is 302 g/mol. The monoisotopic (exact) mass is 302 g/mol. The van der Waals surface area contributed by atoms with E-state index in [2.05, 4.69) is 4.98 Å². The molecule has 1 unspecified atom stereocenters. The molecule has 1 atom stereocenters. The molecule has 1 aliphatic heterocycles. The van der Waals surface area contributed by atoms with Gasteiger partial charge in [0.2, 0.25) is 0 Å². The third-order valence-electron chi connectivity index (χ3n) is 3.78. The van der Waals surface area contributed by atoms with Crippen LogP contribution in [0.2, 0.25) is 0 Å². The van der Waals surface area contributed by atoms with E-state index in [1.165, 1.54) is 11.3 Å². The van der Waals surface area contributed by atoms with Crippen LogP contribution in [0.15, 0.2) is 29.6 Å². The maximum absolute atomic E-state index is 12.4. The van der Waals surface area contributed by atoms with Gasteiger partial charge in [0.1, 0.15) is 10.7 Å². The van der Waals surface area contributed by atoms with Crippen LogP contribution in [0.3, 0.4) is 0 Å². The minimum Gasteiger partial charge on any atom is -0.391 e. The Morgan fingerprint density at radius 3 is 3.00 bits per heavy atom. The Hall–Kier alpha value is -1.72. The second kappa shape index (κ2) is 5.95. The molecule has 0 aliphatic carbocycles. The first kappa shape index (κ1) is 14.2. The summed E-state index contributed by atoms with van der Waals surface area (Å²) >= 11 is 1.49. The number of aliphatic hydroxyl groups excluding tert-OH is 1. The minimum absolute atomic E-state index is 0.0789. The van der Waals surface area contributed by atoms with Gasteiger partial charge in [-0.2, -0.15) is 0 Å². The van der Waals surface area contributed by atoms with E-state index < -0.39 is 6.10 Å². The molecule has 1 fully saturated rings. The van der Waals surface area contributed by atoms with Crippen LogP contribution in [-0.2, 0) is 0 Å². The zero-order valence-corrected chi connectivity index (χ0v) is 12.8. The van der Waals surface area contributed by atoms with Crippen molar-refractivity contribution in [3.05, 3.63) is 40.9 Å². The lowest BCUT2D eigenvalue weighted by Gasteiger charge is -2.29. The molecule has 0 saturated carbocycles. The fourth-order valence-electron chi connectivity index (χ4n) is 2.61. The van der Waals surface area contributed by atoms with Crippen LogP contribution in [0.5, 0.6) is 0 Å². The summed E-state index contributed by atoms with van der Waals surface area (Å²) < 4.78 is 0. The van der Waals surface area contributed by atoms with Crippen molar-refractivity contribution in [3.63, 3.8) is 0 Å². The second-order valence-corrected chi connectivity index (χ2v) is 6.26. The third kappa shape index (κ3) is 2.99. The van der Waals surface area contributed by atoms with E-state index in [0.29, 0.717) is 18.8 Å². The van der Waals surface area contributed by atoms with Crippen LogP contribution >= 0.6 is 11.3 Å². The zero-order valence-electron chi connectivity index (χ0n) is 12.0. The van der Waals surface area contributed by atoms with Crippen LogP contribution in [-0.4, -0.2) is 40.1 Å². The quantitative estimate of drug-likeness (QED) is 0.928. The number of aryl methyl sites for hydroxylation is 1. The van der Waals surface area contributed by atoms with Gasteiger partial charge in [-0.25, -0.2) is 4.98 Å². The Labute approximate surface area is 128 Å². The first-order chi connectivity index (χ1) is 10.1. The number of aromatic nitrogens is 1. The van der Waals surface area contributed by atoms with Gasteiger partial charge in [-0.05, 0) is 25.3 Å². The molecule has 0 bridgehead atoms. The number of rotatable bonds is 2. The molecule has 0 radical (unpaired) electrons. The Balaban J connectivity index is 1.82. The molecule has 0 spiro atoms. The summed E-state index contributed by atoms with van der Waals surface area (Å²) in [5.74, 6) is -0.0789. The van der Waals surface area contributed by atoms with Crippen molar-refractivity contribution in [2.45, 2.75) is 25.9 Å². The molecule has 1 aromatic carbocycles. The first-order valence-electron chi connectivity index (χ1n) is 7.14. The molecular formula is C16H18N2O2S. The molecule has 1 aliphatic rings. The summed E-state index contributed by atoms with van der Waals surface area (Å²) in [7, 11) is 0. The molecule has 2 aromatic rings. The summed E-state index contributed by atoms with van der Waals surface area (Å²) in [4.78, 5) is 18.6. The summed E-state index contributed by atoms with van der Waals surface area (Å²) in [6, 6.07) is 8.03. The average Bonchev–Trinajstić information content (AvgIpc) is 2.96. The number of thiazole rings is 1. The number of hydrogen-bond donors (Lipinski definition) is 1. The molecule has 3 rings (SSSR count). The van der Waals surface area contributed by atoms with Crippen molar-refractivity contribution in [1.82, 2.24) is 9.88 Å². The predicted molar refractivity (Wildman–Crippen MR) is 83.4 cm³/mol. The van der Waals surface area contributed by atoms with Gasteiger partial charge >= 0.3 is 0 Å². The highest BCUT2D eigenvalue weighted by Crippen LogP contribution is 2.27. The van der Waals surface area contributed by atoms with E-state index in [9.17, 15) is 9.90 Å². The molecule has 1 amide bonds. The number of aliphatic hydroxyl groups is 1. The molecule has 21 heavy (non-hydrogen) atoms. The number of piperidine rings is 1. The van der Waals surface area contributed by atoms with Crippen molar-refractivity contribution in [2.24, 2.45) is 0 Å². The fourth-order valence-corrected chi connectivity index (χ4v) is 3.49. The fraction of sp³-hybridized carbons (Fsp3) is 0.375. The van der Waals surface area contributed by atoms with Gasteiger partial charge in [-0.1, -0.05) is 24.3 Å². The Morgan fingerprint density at radius 1 is 1.43 bits per heavy atom. The Kier molecular flexibility index (Phi) is 4.03. The van der Waals surface area contributed by atoms with Crippen LogP contribution in [0.25, 0.3) is 10.6 Å². The minimum atomic E-state index is -0.405. The third-order valence-corrected chi connectivity index (χ3v) is 4.66. The van der Waals surface area contributed by atoms with E-state index in [-0.39, 0.29) is 5.91 Å². The maximum atomic E-state index is 12.4. The normalized spacial score (nSPS) is 18.8. The van der Waals surface area contributed by atoms with E-state index in [1.54, 1.807) is 4.90 Å². The van der Waals surface area contributed by atoms with E-state index in [1.807, 2.05) is 36.6 Å². The largest absolute Gasteiger partial charge is 0.391 e. The molecule has 1 aromatic heterocycles. The Bertz CT molecular complexity index is 653. The second-order valence-electron chi connectivity index (χ2n) is 5.40. The number of β-amino-alcohol motifs (C(OH)–C–C–N with tert-alkyl or cyclic N) is 1. The van der Waals surface area contributed by atoms with Gasteiger partial charge in [-0.3, -0.25) is 4.79 Å². The highest BCUT2D eigenvalue weighted by Gasteiger charge is 2.24. The number of amides is 1. The highest BCUT2D eigenvalue weighted by molar-refractivity contribution is 7.13. The first-order valence-corrected chi connectivity index (χ1v) is 8.02. The van der Waals surface area contributed by atoms with Gasteiger partial charge in [0.05, 0.1) is 6.10 Å². The molecule has 1 N–H and O–H groups in total. The summed E-state index contributed by atoms with van der Waals surface area (Å²) in [6.45, 7) is 3.16. The summed E-state index contributed by atoms with van der Waals surface area (Å²) in [6.07, 6.45) is 1.22. The summed E-state index contributed by atoms with van der Waals surface area (Å²) in [5, 5.41) is 12.4. The van der Waals surface area contributed by atoms with Crippen molar-refractivity contribution in [3.8, 4) is 10.6 Å². The van der Waals surface area contributed by atoms with E-state index >= 15 is 0 Å². The Morgan fingerprint density at radius 2 is 2.24 bits per heavy atom. The van der Waals surface area contributed by atoms with Gasteiger partial charge < -0.3 is 10.0 Å². The predicted octanol–water partition coefficient (Wildman–Crippen LogP) is 2.72. The zero-order chi connectivity index (χ0) is 14.8. The molecule has 1 saturated heterocycles. The van der Waals surface area contributed by atoms with Crippen molar-refractivity contribution < 1.29 is 9.90 Å². The van der Waals surface area contributed by atoms with Crippen LogP contribution in [0.4, 0.5) is 0 Å². The van der Waals surface area contributed by atoms with Crippen molar-refractivity contribution in [1.29, 1.82) is 0 Å². The van der Waals surface area contributed by atoms with Crippen LogP contribution < -0.4 is 0 Å². The number of benzene rings is 1. The van der Waals surface area contributed by atoms with Gasteiger partial charge in [0.25, 0.3) is 5.91 Å². The molecule has 2 heterocycles. The lowest BCUT2D eigenvalue weighted by Crippen LogP contribution is -2.42. The van der Waals surface area contributed by atoms with Crippen molar-refractivity contribution in [2.75, 3.05) is 13.1 Å². The SMILES string of the molecule is Cc1ccccc1-c1nc(C(=O)N2CCCC(O)C2)cs1. The lowest BCUT2D eigenvalue weighted by atomic mass is 10.1. The maximum Gasteiger partial charge on any atom is 0.273 e. The van der Waals surface area contributed by atoms with E-state index in [0.717, 1.165) is 29.0 Å². The van der Waals surface area contributed by atoms with Gasteiger partial charge in [0.15, 0.2) is 0 Å². The van der Waals surface area contributed by atoms with E-state index in [4.69, 9.17) is 0 Å². The topological polar surface area (TPSA) is 53.4 Å². The molecule has 5 heteroatoms. The van der Waals surface area contributed by atoms with Crippen LogP contribution in [0, 0.1) is 6.92 Å². The number of nitrogens with zero attached hydrogens (tertiary/aromatic N) is 2. The number of hydrogen-bond acceptors (Lipinski definition) is 4. The molecule has 4 nitrogen and oxygen atoms in total.